The molecule has 0 spiro atoms. The summed E-state index contributed by atoms with van der Waals surface area (Å²) in [4.78, 5) is 25.7. The standard InChI is InChI=1S/C47H29N7/c1-3-14-30(15-4-1)32-18-13-19-33(28-32)44-50-43(31-16-5-2-6-17-31)51-45(52-44)34-26-27-41-37(29-34)35-20-8-11-24-40(35)53(41)47-49-38-22-9-7-21-36(38)46-48-39-23-10-12-25-42(39)54(46)47/h1-29H. The van der Waals surface area contributed by atoms with Gasteiger partial charge in [-0.3, -0.25) is 8.97 Å². The maximum atomic E-state index is 5.32. The van der Waals surface area contributed by atoms with Crippen LogP contribution in [0.15, 0.2) is 176 Å². The van der Waals surface area contributed by atoms with Crippen LogP contribution in [0.5, 0.6) is 0 Å². The molecule has 252 valence electrons. The zero-order valence-corrected chi connectivity index (χ0v) is 28.9. The van der Waals surface area contributed by atoms with Crippen molar-refractivity contribution in [2.45, 2.75) is 0 Å². The molecule has 11 rings (SSSR count). The summed E-state index contributed by atoms with van der Waals surface area (Å²) in [7, 11) is 0. The van der Waals surface area contributed by atoms with E-state index in [1.807, 2.05) is 54.6 Å². The fourth-order valence-corrected chi connectivity index (χ4v) is 7.62. The van der Waals surface area contributed by atoms with E-state index in [4.69, 9.17) is 24.9 Å². The van der Waals surface area contributed by atoms with E-state index in [-0.39, 0.29) is 0 Å². The molecular weight excluding hydrogens is 663 g/mol. The monoisotopic (exact) mass is 691 g/mol. The molecule has 0 aliphatic heterocycles. The topological polar surface area (TPSA) is 73.8 Å². The van der Waals surface area contributed by atoms with Gasteiger partial charge in [-0.05, 0) is 65.7 Å². The number of fused-ring (bicyclic) bond motifs is 8. The van der Waals surface area contributed by atoms with Crippen LogP contribution in [0.4, 0.5) is 0 Å². The molecule has 0 N–H and O–H groups in total. The molecule has 7 heteroatoms. The van der Waals surface area contributed by atoms with Crippen LogP contribution in [-0.4, -0.2) is 33.9 Å². The summed E-state index contributed by atoms with van der Waals surface area (Å²) in [6, 6.07) is 60.3. The molecule has 4 heterocycles. The third-order valence-corrected chi connectivity index (χ3v) is 10.2. The Bertz CT molecular complexity index is 3220. The van der Waals surface area contributed by atoms with Gasteiger partial charge >= 0.3 is 0 Å². The molecule has 4 aromatic heterocycles. The summed E-state index contributed by atoms with van der Waals surface area (Å²) in [5.74, 6) is 2.63. The van der Waals surface area contributed by atoms with Crippen LogP contribution in [-0.2, 0) is 0 Å². The molecule has 0 saturated heterocycles. The number of nitrogens with zero attached hydrogens (tertiary/aromatic N) is 7. The van der Waals surface area contributed by atoms with E-state index >= 15 is 0 Å². The van der Waals surface area contributed by atoms with Crippen molar-refractivity contribution in [1.82, 2.24) is 33.9 Å². The van der Waals surface area contributed by atoms with Crippen LogP contribution in [0.25, 0.3) is 101 Å². The smallest absolute Gasteiger partial charge is 0.221 e. The van der Waals surface area contributed by atoms with E-state index in [9.17, 15) is 0 Å². The second-order valence-corrected chi connectivity index (χ2v) is 13.4. The fourth-order valence-electron chi connectivity index (χ4n) is 7.62. The Morgan fingerprint density at radius 3 is 1.65 bits per heavy atom. The Morgan fingerprint density at radius 1 is 0.315 bits per heavy atom. The SMILES string of the molecule is c1ccc(-c2cccc(-c3nc(-c4ccccc4)nc(-c4ccc5c(c4)c4ccccc4n5-c4nc5ccccc5c5nc6ccccc6n45)n3)c2)cc1. The molecular formula is C47H29N7. The lowest BCUT2D eigenvalue weighted by molar-refractivity contribution is 0.979. The van der Waals surface area contributed by atoms with Gasteiger partial charge in [-0.2, -0.15) is 0 Å². The molecule has 0 radical (unpaired) electrons. The number of para-hydroxylation sites is 4. The van der Waals surface area contributed by atoms with Crippen molar-refractivity contribution in [3.05, 3.63) is 176 Å². The van der Waals surface area contributed by atoms with Gasteiger partial charge in [-0.25, -0.2) is 24.9 Å². The average Bonchev–Trinajstić information content (AvgIpc) is 3.80. The van der Waals surface area contributed by atoms with E-state index in [1.54, 1.807) is 0 Å². The molecule has 0 aliphatic rings. The first-order chi connectivity index (χ1) is 26.8. The van der Waals surface area contributed by atoms with Crippen LogP contribution < -0.4 is 0 Å². The van der Waals surface area contributed by atoms with Crippen molar-refractivity contribution in [3.63, 3.8) is 0 Å². The number of hydrogen-bond acceptors (Lipinski definition) is 5. The minimum absolute atomic E-state index is 0.606. The van der Waals surface area contributed by atoms with E-state index in [0.29, 0.717) is 17.5 Å². The van der Waals surface area contributed by atoms with Gasteiger partial charge in [0.15, 0.2) is 17.5 Å². The molecule has 0 fully saturated rings. The molecule has 11 aromatic rings. The summed E-state index contributed by atoms with van der Waals surface area (Å²) in [5, 5.41) is 3.19. The third-order valence-electron chi connectivity index (χ3n) is 10.2. The van der Waals surface area contributed by atoms with Crippen molar-refractivity contribution in [2.75, 3.05) is 0 Å². The largest absolute Gasteiger partial charge is 0.279 e. The van der Waals surface area contributed by atoms with Gasteiger partial charge in [-0.15, -0.1) is 0 Å². The second kappa shape index (κ2) is 12.0. The summed E-state index contributed by atoms with van der Waals surface area (Å²) in [5.41, 5.74) is 10.8. The predicted molar refractivity (Wildman–Crippen MR) is 217 cm³/mol. The fraction of sp³-hybridized carbons (Fsp3) is 0. The van der Waals surface area contributed by atoms with Gasteiger partial charge in [0.2, 0.25) is 5.95 Å². The molecule has 54 heavy (non-hydrogen) atoms. The summed E-state index contributed by atoms with van der Waals surface area (Å²) in [6.45, 7) is 0. The Morgan fingerprint density at radius 2 is 0.870 bits per heavy atom. The Hall–Kier alpha value is -7.51. The van der Waals surface area contributed by atoms with Crippen LogP contribution >= 0.6 is 0 Å². The van der Waals surface area contributed by atoms with Gasteiger partial charge in [0.25, 0.3) is 0 Å². The average molecular weight is 692 g/mol. The lowest BCUT2D eigenvalue weighted by Crippen LogP contribution is -2.06. The van der Waals surface area contributed by atoms with Gasteiger partial charge in [0.1, 0.15) is 5.65 Å². The van der Waals surface area contributed by atoms with Gasteiger partial charge in [0, 0.05) is 32.8 Å². The molecule has 0 bridgehead atoms. The van der Waals surface area contributed by atoms with Crippen molar-refractivity contribution in [3.8, 4) is 51.2 Å². The first kappa shape index (κ1) is 30.1. The minimum Gasteiger partial charge on any atom is -0.279 e. The number of rotatable bonds is 5. The molecule has 0 amide bonds. The highest BCUT2D eigenvalue weighted by Gasteiger charge is 2.21. The molecule has 0 unspecified atom stereocenters. The predicted octanol–water partition coefficient (Wildman–Crippen LogP) is 11.0. The third kappa shape index (κ3) is 4.79. The van der Waals surface area contributed by atoms with Crippen molar-refractivity contribution >= 4 is 49.4 Å². The highest BCUT2D eigenvalue weighted by molar-refractivity contribution is 6.10. The zero-order chi connectivity index (χ0) is 35.6. The molecule has 7 aromatic carbocycles. The van der Waals surface area contributed by atoms with Crippen molar-refractivity contribution < 1.29 is 0 Å². The van der Waals surface area contributed by atoms with Crippen LogP contribution in [0.3, 0.4) is 0 Å². The lowest BCUT2D eigenvalue weighted by Gasteiger charge is -2.12. The maximum absolute atomic E-state index is 5.32. The Balaban J connectivity index is 1.14. The highest BCUT2D eigenvalue weighted by Crippen LogP contribution is 2.37. The van der Waals surface area contributed by atoms with E-state index in [1.165, 1.54) is 0 Å². The van der Waals surface area contributed by atoms with Crippen LogP contribution in [0.1, 0.15) is 0 Å². The Labute approximate surface area is 309 Å². The summed E-state index contributed by atoms with van der Waals surface area (Å²) in [6.07, 6.45) is 0. The molecule has 0 atom stereocenters. The maximum Gasteiger partial charge on any atom is 0.221 e. The molecule has 0 saturated carbocycles. The Kier molecular flexibility index (Phi) is 6.72. The normalized spacial score (nSPS) is 11.7. The lowest BCUT2D eigenvalue weighted by atomic mass is 10.0. The summed E-state index contributed by atoms with van der Waals surface area (Å²) >= 11 is 0. The first-order valence-corrected chi connectivity index (χ1v) is 17.9. The van der Waals surface area contributed by atoms with Crippen LogP contribution in [0, 0.1) is 0 Å². The first-order valence-electron chi connectivity index (χ1n) is 17.9. The molecule has 0 aliphatic carbocycles. The highest BCUT2D eigenvalue weighted by atomic mass is 15.2. The second-order valence-electron chi connectivity index (χ2n) is 13.4. The number of benzene rings is 7. The van der Waals surface area contributed by atoms with E-state index < -0.39 is 0 Å². The quantitative estimate of drug-likeness (QED) is 0.180. The van der Waals surface area contributed by atoms with Crippen molar-refractivity contribution in [2.24, 2.45) is 0 Å². The minimum atomic E-state index is 0.606. The number of imidazole rings is 1. The number of hydrogen-bond donors (Lipinski definition) is 0. The van der Waals surface area contributed by atoms with Crippen molar-refractivity contribution in [1.29, 1.82) is 0 Å². The summed E-state index contributed by atoms with van der Waals surface area (Å²) < 4.78 is 4.44. The van der Waals surface area contributed by atoms with Gasteiger partial charge in [0.05, 0.1) is 27.6 Å². The van der Waals surface area contributed by atoms with E-state index in [0.717, 1.165) is 83.2 Å². The zero-order valence-electron chi connectivity index (χ0n) is 28.9. The van der Waals surface area contributed by atoms with E-state index in [2.05, 4.69) is 130 Å². The molecule has 7 nitrogen and oxygen atoms in total. The van der Waals surface area contributed by atoms with Crippen LogP contribution in [0.2, 0.25) is 0 Å². The van der Waals surface area contributed by atoms with Gasteiger partial charge < -0.3 is 0 Å². The van der Waals surface area contributed by atoms with Gasteiger partial charge in [-0.1, -0.05) is 121 Å². The number of aromatic nitrogens is 7.